The number of hydrogen-bond donors (Lipinski definition) is 3. The zero-order valence-corrected chi connectivity index (χ0v) is 29.8. The number of hydrogen-bond acceptors (Lipinski definition) is 9. The number of rotatable bonds is 12. The minimum Gasteiger partial charge on any atom is -0.503 e. The Labute approximate surface area is 307 Å². The maximum Gasteiger partial charge on any atom is 0.339 e. The molecule has 2 atom stereocenters. The van der Waals surface area contributed by atoms with E-state index in [4.69, 9.17) is 18.6 Å². The van der Waals surface area contributed by atoms with Crippen LogP contribution in [0.25, 0.3) is 0 Å². The van der Waals surface area contributed by atoms with Crippen LogP contribution in [0.2, 0.25) is 0 Å². The molecule has 0 aliphatic carbocycles. The van der Waals surface area contributed by atoms with Gasteiger partial charge >= 0.3 is 11.9 Å². The number of anilines is 1. The van der Waals surface area contributed by atoms with Gasteiger partial charge in [-0.1, -0.05) is 54.3 Å². The molecule has 3 N–H and O–H groups in total. The zero-order chi connectivity index (χ0) is 38.1. The number of ether oxygens (including phenoxy) is 3. The van der Waals surface area contributed by atoms with Crippen LogP contribution < -0.4 is 14.8 Å². The minimum absolute atomic E-state index is 0.0342. The number of benzene rings is 3. The average molecular weight is 721 g/mol. The summed E-state index contributed by atoms with van der Waals surface area (Å²) in [4.78, 5) is 53.5. The highest BCUT2D eigenvalue weighted by Crippen LogP contribution is 2.38. The standard InChI is InChI=1S/C41H40N2O10/c1-26(43(21-11-14-27-12-7-5-8-13-27)39(48)37(46)32(24-36(44)45)40(49)53-41(2,3)4)31(28-17-19-33-35(22-28)51-25-50-33)23-30-18-20-34(52-30)38(47)42-29-15-9-6-10-16-29/h5-10,12-13,15-20,22,26,31,46H,21,23-25H2,1-4H3,(H,42,47)(H,44,45)/t26-,31+/m1/s1. The summed E-state index contributed by atoms with van der Waals surface area (Å²) in [5.41, 5.74) is 0.225. The molecule has 2 heterocycles. The summed E-state index contributed by atoms with van der Waals surface area (Å²) in [6.07, 6.45) is -0.802. The van der Waals surface area contributed by atoms with E-state index in [1.54, 1.807) is 88.4 Å². The van der Waals surface area contributed by atoms with Crippen molar-refractivity contribution in [3.05, 3.63) is 125 Å². The van der Waals surface area contributed by atoms with E-state index in [-0.39, 0.29) is 25.5 Å². The van der Waals surface area contributed by atoms with Gasteiger partial charge in [-0.25, -0.2) is 4.79 Å². The number of carbonyl (C=O) groups is 4. The van der Waals surface area contributed by atoms with Gasteiger partial charge in [-0.3, -0.25) is 14.4 Å². The number of carbonyl (C=O) groups excluding carboxylic acids is 3. The van der Waals surface area contributed by atoms with Gasteiger partial charge in [0.25, 0.3) is 11.8 Å². The molecule has 53 heavy (non-hydrogen) atoms. The molecular weight excluding hydrogens is 680 g/mol. The molecule has 1 aliphatic rings. The van der Waals surface area contributed by atoms with Crippen LogP contribution in [-0.2, 0) is 25.5 Å². The third-order valence-corrected chi connectivity index (χ3v) is 8.22. The van der Waals surface area contributed by atoms with Crippen LogP contribution in [0.1, 0.15) is 67.5 Å². The van der Waals surface area contributed by atoms with E-state index in [1.165, 1.54) is 4.90 Å². The summed E-state index contributed by atoms with van der Waals surface area (Å²) in [6.45, 7) is 6.29. The molecule has 0 saturated carbocycles. The predicted octanol–water partition coefficient (Wildman–Crippen LogP) is 6.48. The second kappa shape index (κ2) is 16.7. The zero-order valence-electron chi connectivity index (χ0n) is 29.8. The van der Waals surface area contributed by atoms with E-state index < -0.39 is 59.1 Å². The van der Waals surface area contributed by atoms with Crippen LogP contribution in [-0.4, -0.2) is 63.8 Å². The van der Waals surface area contributed by atoms with Crippen molar-refractivity contribution in [3.63, 3.8) is 0 Å². The van der Waals surface area contributed by atoms with Gasteiger partial charge in [0.15, 0.2) is 23.0 Å². The van der Waals surface area contributed by atoms with Gasteiger partial charge in [-0.2, -0.15) is 0 Å². The van der Waals surface area contributed by atoms with Crippen LogP contribution in [0.4, 0.5) is 5.69 Å². The fourth-order valence-electron chi connectivity index (χ4n) is 5.63. The Hall–Kier alpha value is -6.48. The number of para-hydroxylation sites is 1. The Balaban J connectivity index is 1.54. The topological polar surface area (TPSA) is 165 Å². The molecule has 0 fully saturated rings. The van der Waals surface area contributed by atoms with E-state index in [1.807, 2.05) is 30.3 Å². The first-order chi connectivity index (χ1) is 25.3. The lowest BCUT2D eigenvalue weighted by Crippen LogP contribution is -2.44. The lowest BCUT2D eigenvalue weighted by Gasteiger charge is -2.34. The van der Waals surface area contributed by atoms with Crippen LogP contribution in [0, 0.1) is 11.8 Å². The normalized spacial score (nSPS) is 13.4. The summed E-state index contributed by atoms with van der Waals surface area (Å²) in [5.74, 6) is 1.78. The van der Waals surface area contributed by atoms with Gasteiger partial charge in [-0.15, -0.1) is 0 Å². The van der Waals surface area contributed by atoms with Gasteiger partial charge in [0.2, 0.25) is 6.79 Å². The molecule has 5 rings (SSSR count). The molecule has 0 bridgehead atoms. The molecule has 1 aliphatic heterocycles. The number of fused-ring (bicyclic) bond motifs is 1. The number of aliphatic carboxylic acids is 1. The first-order valence-corrected chi connectivity index (χ1v) is 16.9. The highest BCUT2D eigenvalue weighted by molar-refractivity contribution is 6.04. The molecule has 3 aromatic carbocycles. The highest BCUT2D eigenvalue weighted by Gasteiger charge is 2.35. The van der Waals surface area contributed by atoms with E-state index in [9.17, 15) is 29.4 Å². The first-order valence-electron chi connectivity index (χ1n) is 16.9. The quantitative estimate of drug-likeness (QED) is 0.0638. The first kappa shape index (κ1) is 37.8. The monoisotopic (exact) mass is 720 g/mol. The van der Waals surface area contributed by atoms with Crippen molar-refractivity contribution in [2.45, 2.75) is 58.1 Å². The van der Waals surface area contributed by atoms with Crippen LogP contribution >= 0.6 is 0 Å². The van der Waals surface area contributed by atoms with E-state index in [0.717, 1.165) is 0 Å². The third kappa shape index (κ3) is 10.1. The Kier molecular flexibility index (Phi) is 11.9. The minimum atomic E-state index is -1.45. The third-order valence-electron chi connectivity index (χ3n) is 8.22. The lowest BCUT2D eigenvalue weighted by atomic mass is 9.87. The van der Waals surface area contributed by atoms with Gasteiger partial charge in [0.05, 0.1) is 18.5 Å². The van der Waals surface area contributed by atoms with Gasteiger partial charge in [0, 0.05) is 29.6 Å². The molecule has 12 heteroatoms. The number of nitrogens with one attached hydrogen (secondary N) is 1. The lowest BCUT2D eigenvalue weighted by molar-refractivity contribution is -0.152. The number of amides is 2. The summed E-state index contributed by atoms with van der Waals surface area (Å²) in [7, 11) is 0. The Bertz CT molecular complexity index is 2050. The van der Waals surface area contributed by atoms with Crippen molar-refractivity contribution in [1.82, 2.24) is 4.90 Å². The number of aliphatic hydroxyl groups excluding tert-OH is 1. The van der Waals surface area contributed by atoms with Crippen LogP contribution in [0.3, 0.4) is 0 Å². The van der Waals surface area contributed by atoms with Gasteiger partial charge < -0.3 is 39.1 Å². The SMILES string of the molecule is C[C@H]([C@H](Cc1ccc(C(=O)Nc2ccccc2)o1)c1ccc2c(c1)OCO2)N(CC#Cc1ccccc1)C(=O)C(O)=C(CC(=O)O)C(=O)OC(C)(C)C. The number of carboxylic acids is 1. The summed E-state index contributed by atoms with van der Waals surface area (Å²) in [5, 5.41) is 23.8. The predicted molar refractivity (Wildman–Crippen MR) is 194 cm³/mol. The number of esters is 1. The summed E-state index contributed by atoms with van der Waals surface area (Å²) in [6, 6.07) is 25.8. The van der Waals surface area contributed by atoms with Crippen molar-refractivity contribution in [2.24, 2.45) is 0 Å². The Morgan fingerprint density at radius 2 is 1.58 bits per heavy atom. The van der Waals surface area contributed by atoms with Crippen molar-refractivity contribution < 1.29 is 48.0 Å². The molecule has 4 aromatic rings. The fraction of sp³-hybridized carbons (Fsp3) is 0.268. The molecular formula is C41H40N2O10. The molecule has 0 radical (unpaired) electrons. The molecule has 274 valence electrons. The summed E-state index contributed by atoms with van der Waals surface area (Å²) >= 11 is 0. The van der Waals surface area contributed by atoms with E-state index >= 15 is 0 Å². The van der Waals surface area contributed by atoms with Crippen LogP contribution in [0.15, 0.2) is 107 Å². The number of aliphatic hydroxyl groups is 1. The second-order valence-corrected chi connectivity index (χ2v) is 13.3. The Morgan fingerprint density at radius 1 is 0.906 bits per heavy atom. The maximum atomic E-state index is 14.3. The van der Waals surface area contributed by atoms with E-state index in [2.05, 4.69) is 17.2 Å². The van der Waals surface area contributed by atoms with Gasteiger partial charge in [-0.05, 0) is 81.8 Å². The van der Waals surface area contributed by atoms with E-state index in [0.29, 0.717) is 34.1 Å². The molecule has 2 amide bonds. The smallest absolute Gasteiger partial charge is 0.339 e. The van der Waals surface area contributed by atoms with Crippen molar-refractivity contribution in [2.75, 3.05) is 18.7 Å². The Morgan fingerprint density at radius 3 is 2.26 bits per heavy atom. The number of carboxylic acid groups (broad SMARTS) is 1. The van der Waals surface area contributed by atoms with Crippen molar-refractivity contribution in [3.8, 4) is 23.3 Å². The highest BCUT2D eigenvalue weighted by atomic mass is 16.7. The summed E-state index contributed by atoms with van der Waals surface area (Å²) < 4.78 is 22.5. The largest absolute Gasteiger partial charge is 0.503 e. The maximum absolute atomic E-state index is 14.3. The van der Waals surface area contributed by atoms with Crippen LogP contribution in [0.5, 0.6) is 11.5 Å². The molecule has 1 aromatic heterocycles. The molecule has 12 nitrogen and oxygen atoms in total. The second-order valence-electron chi connectivity index (χ2n) is 13.3. The molecule has 0 saturated heterocycles. The molecule has 0 spiro atoms. The molecule has 0 unspecified atom stereocenters. The fourth-order valence-corrected chi connectivity index (χ4v) is 5.63. The number of furan rings is 1. The average Bonchev–Trinajstić information content (AvgIpc) is 3.80. The van der Waals surface area contributed by atoms with Crippen molar-refractivity contribution in [1.29, 1.82) is 0 Å². The number of nitrogens with zero attached hydrogens (tertiary/aromatic N) is 1. The van der Waals surface area contributed by atoms with Crippen molar-refractivity contribution >= 4 is 29.4 Å². The van der Waals surface area contributed by atoms with Gasteiger partial charge in [0.1, 0.15) is 11.4 Å².